The first-order chi connectivity index (χ1) is 11.6. The highest BCUT2D eigenvalue weighted by Crippen LogP contribution is 2.24. The van der Waals surface area contributed by atoms with Crippen LogP contribution >= 0.6 is 11.3 Å². The predicted molar refractivity (Wildman–Crippen MR) is 89.6 cm³/mol. The van der Waals surface area contributed by atoms with Crippen molar-refractivity contribution >= 4 is 22.2 Å². The Balaban J connectivity index is 1.73. The van der Waals surface area contributed by atoms with E-state index >= 15 is 0 Å². The summed E-state index contributed by atoms with van der Waals surface area (Å²) in [6.07, 6.45) is 1.41. The first kappa shape index (κ1) is 14.8. The second-order valence-electron chi connectivity index (χ2n) is 5.37. The maximum atomic E-state index is 13.2. The highest BCUT2D eigenvalue weighted by molar-refractivity contribution is 7.08. The molecule has 0 N–H and O–H groups in total. The molecule has 0 spiro atoms. The van der Waals surface area contributed by atoms with Crippen LogP contribution in [-0.2, 0) is 6.54 Å². The standard InChI is InChI=1S/C17H12FN3O2S/c1-10-15(20-16(23-10)11-4-5-24-8-11)7-21-9-19-14-6-12(18)2-3-13(14)17(21)22/h2-6,8-9H,7H2,1H3. The fraction of sp³-hybridized carbons (Fsp3) is 0.118. The van der Waals surface area contributed by atoms with Gasteiger partial charge in [0, 0.05) is 17.0 Å². The van der Waals surface area contributed by atoms with E-state index in [1.807, 2.05) is 23.8 Å². The number of hydrogen-bond acceptors (Lipinski definition) is 5. The van der Waals surface area contributed by atoms with Gasteiger partial charge in [0.15, 0.2) is 0 Å². The van der Waals surface area contributed by atoms with E-state index in [0.717, 1.165) is 5.56 Å². The van der Waals surface area contributed by atoms with Crippen LogP contribution in [0.1, 0.15) is 11.5 Å². The summed E-state index contributed by atoms with van der Waals surface area (Å²) < 4.78 is 20.4. The van der Waals surface area contributed by atoms with Gasteiger partial charge in [-0.15, -0.1) is 0 Å². The van der Waals surface area contributed by atoms with Gasteiger partial charge in [-0.2, -0.15) is 11.3 Å². The van der Waals surface area contributed by atoms with Crippen molar-refractivity contribution in [3.05, 3.63) is 69.0 Å². The van der Waals surface area contributed by atoms with Gasteiger partial charge in [-0.05, 0) is 30.5 Å². The van der Waals surface area contributed by atoms with Crippen molar-refractivity contribution in [2.75, 3.05) is 0 Å². The minimum absolute atomic E-state index is 0.237. The second kappa shape index (κ2) is 5.68. The first-order valence-corrected chi connectivity index (χ1v) is 8.19. The zero-order valence-electron chi connectivity index (χ0n) is 12.7. The molecule has 4 aromatic rings. The summed E-state index contributed by atoms with van der Waals surface area (Å²) in [4.78, 5) is 21.2. The van der Waals surface area contributed by atoms with Crippen molar-refractivity contribution in [3.8, 4) is 11.5 Å². The molecule has 0 saturated carbocycles. The third-order valence-electron chi connectivity index (χ3n) is 3.77. The van der Waals surface area contributed by atoms with Gasteiger partial charge in [-0.25, -0.2) is 14.4 Å². The maximum absolute atomic E-state index is 13.2. The average molecular weight is 341 g/mol. The molecule has 0 fully saturated rings. The highest BCUT2D eigenvalue weighted by Gasteiger charge is 2.14. The molecule has 0 aliphatic carbocycles. The van der Waals surface area contributed by atoms with Gasteiger partial charge in [0.05, 0.1) is 23.8 Å². The van der Waals surface area contributed by atoms with E-state index in [1.54, 1.807) is 11.3 Å². The van der Waals surface area contributed by atoms with Crippen LogP contribution in [0.25, 0.3) is 22.4 Å². The fourth-order valence-corrected chi connectivity index (χ4v) is 3.12. The number of oxazole rings is 1. The van der Waals surface area contributed by atoms with Crippen LogP contribution in [0.15, 0.2) is 50.6 Å². The molecule has 0 bridgehead atoms. The van der Waals surface area contributed by atoms with Crippen LogP contribution in [-0.4, -0.2) is 14.5 Å². The Morgan fingerprint density at radius 3 is 3.00 bits per heavy atom. The summed E-state index contributed by atoms with van der Waals surface area (Å²) in [5, 5.41) is 4.27. The monoisotopic (exact) mass is 341 g/mol. The summed E-state index contributed by atoms with van der Waals surface area (Å²) >= 11 is 1.56. The lowest BCUT2D eigenvalue weighted by Gasteiger charge is -2.05. The number of benzene rings is 1. The van der Waals surface area contributed by atoms with Gasteiger partial charge >= 0.3 is 0 Å². The Morgan fingerprint density at radius 1 is 1.33 bits per heavy atom. The lowest BCUT2D eigenvalue weighted by molar-refractivity contribution is 0.537. The smallest absolute Gasteiger partial charge is 0.261 e. The molecule has 3 heterocycles. The third-order valence-corrected chi connectivity index (χ3v) is 4.45. The van der Waals surface area contributed by atoms with Crippen LogP contribution in [0.4, 0.5) is 4.39 Å². The first-order valence-electron chi connectivity index (χ1n) is 7.25. The number of nitrogens with zero attached hydrogens (tertiary/aromatic N) is 3. The van der Waals surface area contributed by atoms with Gasteiger partial charge in [-0.1, -0.05) is 0 Å². The Labute approximate surface area is 140 Å². The molecule has 4 rings (SSSR count). The van der Waals surface area contributed by atoms with E-state index in [-0.39, 0.29) is 12.1 Å². The zero-order valence-corrected chi connectivity index (χ0v) is 13.5. The maximum Gasteiger partial charge on any atom is 0.261 e. The minimum Gasteiger partial charge on any atom is -0.441 e. The molecule has 0 amide bonds. The van der Waals surface area contributed by atoms with Crippen molar-refractivity contribution in [1.82, 2.24) is 14.5 Å². The van der Waals surface area contributed by atoms with Crippen LogP contribution in [0.2, 0.25) is 0 Å². The fourth-order valence-electron chi connectivity index (χ4n) is 2.49. The molecule has 7 heteroatoms. The van der Waals surface area contributed by atoms with E-state index in [2.05, 4.69) is 9.97 Å². The molecule has 1 aromatic carbocycles. The van der Waals surface area contributed by atoms with Crippen molar-refractivity contribution in [3.63, 3.8) is 0 Å². The summed E-state index contributed by atoms with van der Waals surface area (Å²) in [6, 6.07) is 5.88. The number of halogens is 1. The normalized spacial score (nSPS) is 11.2. The number of fused-ring (bicyclic) bond motifs is 1. The molecule has 0 aliphatic rings. The van der Waals surface area contributed by atoms with Crippen molar-refractivity contribution in [2.45, 2.75) is 13.5 Å². The molecule has 24 heavy (non-hydrogen) atoms. The summed E-state index contributed by atoms with van der Waals surface area (Å²) in [5.41, 5.74) is 1.68. The minimum atomic E-state index is -0.417. The van der Waals surface area contributed by atoms with Crippen LogP contribution < -0.4 is 5.56 Å². The number of aryl methyl sites for hydroxylation is 1. The topological polar surface area (TPSA) is 60.9 Å². The van der Waals surface area contributed by atoms with E-state index in [9.17, 15) is 9.18 Å². The Bertz CT molecular complexity index is 1080. The molecule has 3 aromatic heterocycles. The SMILES string of the molecule is Cc1oc(-c2ccsc2)nc1Cn1cnc2cc(F)ccc2c1=O. The summed E-state index contributed by atoms with van der Waals surface area (Å²) in [7, 11) is 0. The van der Waals surface area contributed by atoms with Gasteiger partial charge < -0.3 is 4.42 Å². The number of thiophene rings is 1. The molecule has 120 valence electrons. The zero-order chi connectivity index (χ0) is 16.7. The van der Waals surface area contributed by atoms with Crippen LogP contribution in [0.5, 0.6) is 0 Å². The van der Waals surface area contributed by atoms with E-state index in [4.69, 9.17) is 4.42 Å². The number of hydrogen-bond donors (Lipinski definition) is 0. The van der Waals surface area contributed by atoms with Crippen LogP contribution in [0, 0.1) is 12.7 Å². The van der Waals surface area contributed by atoms with E-state index in [1.165, 1.54) is 29.1 Å². The van der Waals surface area contributed by atoms with Gasteiger partial charge in [0.25, 0.3) is 5.56 Å². The number of aromatic nitrogens is 3. The second-order valence-corrected chi connectivity index (χ2v) is 6.15. The Hall–Kier alpha value is -2.80. The van der Waals surface area contributed by atoms with Crippen molar-refractivity contribution in [2.24, 2.45) is 0 Å². The molecular weight excluding hydrogens is 329 g/mol. The molecule has 0 atom stereocenters. The lowest BCUT2D eigenvalue weighted by Crippen LogP contribution is -2.21. The lowest BCUT2D eigenvalue weighted by atomic mass is 10.2. The van der Waals surface area contributed by atoms with Crippen molar-refractivity contribution in [1.29, 1.82) is 0 Å². The average Bonchev–Trinajstić information content (AvgIpc) is 3.20. The van der Waals surface area contributed by atoms with Crippen LogP contribution in [0.3, 0.4) is 0 Å². The van der Waals surface area contributed by atoms with Gasteiger partial charge in [0.1, 0.15) is 17.3 Å². The summed E-state index contributed by atoms with van der Waals surface area (Å²) in [6.45, 7) is 2.06. The molecule has 5 nitrogen and oxygen atoms in total. The largest absolute Gasteiger partial charge is 0.441 e. The Kier molecular flexibility index (Phi) is 3.50. The molecule has 0 aliphatic heterocycles. The summed E-state index contributed by atoms with van der Waals surface area (Å²) in [5.74, 6) is 0.773. The highest BCUT2D eigenvalue weighted by atomic mass is 32.1. The number of rotatable bonds is 3. The molecule has 0 unspecified atom stereocenters. The van der Waals surface area contributed by atoms with Gasteiger partial charge in [-0.3, -0.25) is 9.36 Å². The van der Waals surface area contributed by atoms with Crippen molar-refractivity contribution < 1.29 is 8.81 Å². The van der Waals surface area contributed by atoms with E-state index < -0.39 is 5.82 Å². The predicted octanol–water partition coefficient (Wildman–Crippen LogP) is 3.61. The quantitative estimate of drug-likeness (QED) is 0.571. The molecule has 0 radical (unpaired) electrons. The molecular formula is C17H12FN3O2S. The Morgan fingerprint density at radius 2 is 2.21 bits per heavy atom. The molecule has 0 saturated heterocycles. The third kappa shape index (κ3) is 2.52. The van der Waals surface area contributed by atoms with E-state index in [0.29, 0.717) is 28.2 Å². The van der Waals surface area contributed by atoms with Gasteiger partial charge in [0.2, 0.25) is 5.89 Å².